The van der Waals surface area contributed by atoms with Gasteiger partial charge < -0.3 is 9.64 Å². The lowest BCUT2D eigenvalue weighted by Gasteiger charge is -2.36. The van der Waals surface area contributed by atoms with Gasteiger partial charge in [-0.05, 0) is 39.4 Å². The molecular weight excluding hydrogens is 411 g/mol. The zero-order valence-electron chi connectivity index (χ0n) is 15.2. The van der Waals surface area contributed by atoms with E-state index in [9.17, 15) is 12.8 Å². The van der Waals surface area contributed by atoms with Gasteiger partial charge in [0, 0.05) is 23.7 Å². The average molecular weight is 433 g/mol. The van der Waals surface area contributed by atoms with Gasteiger partial charge in [-0.25, -0.2) is 17.8 Å². The third-order valence-electron chi connectivity index (χ3n) is 4.73. The van der Waals surface area contributed by atoms with Crippen molar-refractivity contribution in [2.75, 3.05) is 14.1 Å². The SMILES string of the molecule is CN(C)[C@H]1CCCCC1Oc1cc(F)c(Cl)cc1S(=O)(=O)Cc1nccs1. The lowest BCUT2D eigenvalue weighted by molar-refractivity contribution is 0.0598. The van der Waals surface area contributed by atoms with E-state index in [-0.39, 0.29) is 33.6 Å². The first-order chi connectivity index (χ1) is 12.8. The lowest BCUT2D eigenvalue weighted by Crippen LogP contribution is -2.44. The van der Waals surface area contributed by atoms with Gasteiger partial charge in [-0.3, -0.25) is 0 Å². The summed E-state index contributed by atoms with van der Waals surface area (Å²) in [5, 5.41) is 1.93. The van der Waals surface area contributed by atoms with Gasteiger partial charge in [0.05, 0.1) is 5.02 Å². The number of halogens is 2. The number of likely N-dealkylation sites (N-methyl/N-ethyl adjacent to an activating group) is 1. The molecule has 5 nitrogen and oxygen atoms in total. The molecule has 0 bridgehead atoms. The molecule has 2 atom stereocenters. The predicted molar refractivity (Wildman–Crippen MR) is 105 cm³/mol. The van der Waals surface area contributed by atoms with Gasteiger partial charge in [-0.2, -0.15) is 0 Å². The largest absolute Gasteiger partial charge is 0.487 e. The Hall–Kier alpha value is -1.22. The summed E-state index contributed by atoms with van der Waals surface area (Å²) < 4.78 is 46.0. The van der Waals surface area contributed by atoms with Gasteiger partial charge >= 0.3 is 0 Å². The Morgan fingerprint density at radius 3 is 2.74 bits per heavy atom. The topological polar surface area (TPSA) is 59.5 Å². The molecule has 1 aromatic carbocycles. The van der Waals surface area contributed by atoms with Crippen LogP contribution in [0.5, 0.6) is 5.75 Å². The number of hydrogen-bond acceptors (Lipinski definition) is 6. The van der Waals surface area contributed by atoms with Crippen molar-refractivity contribution in [2.24, 2.45) is 0 Å². The van der Waals surface area contributed by atoms with Crippen molar-refractivity contribution >= 4 is 32.8 Å². The third kappa shape index (κ3) is 4.80. The van der Waals surface area contributed by atoms with Crippen molar-refractivity contribution < 1.29 is 17.5 Å². The lowest BCUT2D eigenvalue weighted by atomic mass is 9.91. The Labute approximate surface area is 168 Å². The molecular formula is C18H22ClFN2O3S2. The summed E-state index contributed by atoms with van der Waals surface area (Å²) in [7, 11) is 0.151. The van der Waals surface area contributed by atoms with Gasteiger partial charge in [0.1, 0.15) is 33.3 Å². The van der Waals surface area contributed by atoms with E-state index < -0.39 is 15.7 Å². The highest BCUT2D eigenvalue weighted by molar-refractivity contribution is 7.90. The van der Waals surface area contributed by atoms with E-state index in [0.29, 0.717) is 5.01 Å². The molecule has 0 aliphatic heterocycles. The van der Waals surface area contributed by atoms with Crippen molar-refractivity contribution in [3.63, 3.8) is 0 Å². The van der Waals surface area contributed by atoms with Crippen molar-refractivity contribution in [1.82, 2.24) is 9.88 Å². The summed E-state index contributed by atoms with van der Waals surface area (Å²) in [6, 6.07) is 2.37. The fourth-order valence-electron chi connectivity index (χ4n) is 3.38. The zero-order valence-corrected chi connectivity index (χ0v) is 17.6. The molecule has 0 amide bonds. The van der Waals surface area contributed by atoms with Crippen molar-refractivity contribution in [3.8, 4) is 5.75 Å². The Kier molecular flexibility index (Phi) is 6.40. The van der Waals surface area contributed by atoms with Gasteiger partial charge in [-0.15, -0.1) is 11.3 Å². The average Bonchev–Trinajstić information content (AvgIpc) is 3.10. The maximum atomic E-state index is 14.1. The molecule has 1 saturated carbocycles. The van der Waals surface area contributed by atoms with Crippen molar-refractivity contribution in [3.05, 3.63) is 39.6 Å². The van der Waals surface area contributed by atoms with Crippen LogP contribution in [0.25, 0.3) is 0 Å². The van der Waals surface area contributed by atoms with Crippen LogP contribution in [0.3, 0.4) is 0 Å². The summed E-state index contributed by atoms with van der Waals surface area (Å²) in [5.74, 6) is -0.950. The second-order valence-corrected chi connectivity index (χ2v) is 10.2. The van der Waals surface area contributed by atoms with Crippen LogP contribution in [0.15, 0.2) is 28.6 Å². The van der Waals surface area contributed by atoms with Crippen LogP contribution in [0.4, 0.5) is 4.39 Å². The van der Waals surface area contributed by atoms with Gasteiger partial charge in [0.25, 0.3) is 0 Å². The second-order valence-electron chi connectivity index (χ2n) is 6.87. The minimum absolute atomic E-state index is 0.0206. The highest BCUT2D eigenvalue weighted by Gasteiger charge is 2.31. The first-order valence-electron chi connectivity index (χ1n) is 8.71. The Morgan fingerprint density at radius 2 is 2.07 bits per heavy atom. The fraction of sp³-hybridized carbons (Fsp3) is 0.500. The molecule has 1 unspecified atom stereocenters. The minimum atomic E-state index is -3.78. The Morgan fingerprint density at radius 1 is 1.33 bits per heavy atom. The molecule has 27 heavy (non-hydrogen) atoms. The highest BCUT2D eigenvalue weighted by Crippen LogP contribution is 2.35. The summed E-state index contributed by atoms with van der Waals surface area (Å²) in [4.78, 5) is 6.01. The fourth-order valence-corrected chi connectivity index (χ4v) is 6.01. The van der Waals surface area contributed by atoms with E-state index in [1.165, 1.54) is 11.3 Å². The number of aromatic nitrogens is 1. The van der Waals surface area contributed by atoms with Gasteiger partial charge in [0.2, 0.25) is 0 Å². The zero-order chi connectivity index (χ0) is 19.6. The molecule has 1 aromatic heterocycles. The summed E-state index contributed by atoms with van der Waals surface area (Å²) in [5.41, 5.74) is 0. The molecule has 0 spiro atoms. The first-order valence-corrected chi connectivity index (χ1v) is 11.6. The van der Waals surface area contributed by atoms with Crippen LogP contribution < -0.4 is 4.74 Å². The summed E-state index contributed by atoms with van der Waals surface area (Å²) in [6.07, 6.45) is 5.17. The summed E-state index contributed by atoms with van der Waals surface area (Å²) in [6.45, 7) is 0. The van der Waals surface area contributed by atoms with Crippen LogP contribution in [-0.4, -0.2) is 44.5 Å². The number of hydrogen-bond donors (Lipinski definition) is 0. The van der Waals surface area contributed by atoms with E-state index >= 15 is 0 Å². The van der Waals surface area contributed by atoms with E-state index in [4.69, 9.17) is 16.3 Å². The van der Waals surface area contributed by atoms with Crippen LogP contribution >= 0.6 is 22.9 Å². The molecule has 9 heteroatoms. The number of benzene rings is 1. The molecule has 148 valence electrons. The number of thiazole rings is 1. The van der Waals surface area contributed by atoms with E-state index in [2.05, 4.69) is 9.88 Å². The highest BCUT2D eigenvalue weighted by atomic mass is 35.5. The first kappa shape index (κ1) is 20.5. The van der Waals surface area contributed by atoms with Crippen LogP contribution in [-0.2, 0) is 15.6 Å². The number of nitrogens with zero attached hydrogens (tertiary/aromatic N) is 2. The smallest absolute Gasteiger partial charge is 0.188 e. The van der Waals surface area contributed by atoms with Crippen LogP contribution in [0.1, 0.15) is 30.7 Å². The molecule has 0 saturated heterocycles. The van der Waals surface area contributed by atoms with Gasteiger partial charge in [-0.1, -0.05) is 18.0 Å². The predicted octanol–water partition coefficient (Wildman–Crippen LogP) is 4.16. The quantitative estimate of drug-likeness (QED) is 0.641. The molecule has 0 N–H and O–H groups in total. The Balaban J connectivity index is 1.96. The molecule has 3 rings (SSSR count). The van der Waals surface area contributed by atoms with E-state index in [1.807, 2.05) is 14.1 Å². The number of ether oxygens (including phenoxy) is 1. The molecule has 1 fully saturated rings. The summed E-state index contributed by atoms with van der Waals surface area (Å²) >= 11 is 7.13. The van der Waals surface area contributed by atoms with Crippen LogP contribution in [0.2, 0.25) is 5.02 Å². The minimum Gasteiger partial charge on any atom is -0.487 e. The molecule has 1 heterocycles. The maximum absolute atomic E-state index is 14.1. The standard InChI is InChI=1S/C18H22ClFN2O3S2/c1-22(2)14-5-3-4-6-15(14)25-16-10-13(20)12(19)9-17(16)27(23,24)11-18-21-7-8-26-18/h7-10,14-15H,3-6,11H2,1-2H3/t14-,15?/m0/s1. The molecule has 1 aliphatic rings. The van der Waals surface area contributed by atoms with Gasteiger partial charge in [0.15, 0.2) is 9.84 Å². The third-order valence-corrected chi connectivity index (χ3v) is 7.62. The molecule has 2 aromatic rings. The van der Waals surface area contributed by atoms with E-state index in [0.717, 1.165) is 37.8 Å². The second kappa shape index (κ2) is 8.43. The molecule has 0 radical (unpaired) electrons. The number of rotatable bonds is 6. The Bertz CT molecular complexity index is 888. The normalized spacial score (nSPS) is 20.8. The number of sulfone groups is 1. The van der Waals surface area contributed by atoms with E-state index in [1.54, 1.807) is 11.6 Å². The maximum Gasteiger partial charge on any atom is 0.188 e. The van der Waals surface area contributed by atoms with Crippen LogP contribution in [0, 0.1) is 5.82 Å². The van der Waals surface area contributed by atoms with Crippen molar-refractivity contribution in [1.29, 1.82) is 0 Å². The molecule has 1 aliphatic carbocycles. The monoisotopic (exact) mass is 432 g/mol. The van der Waals surface area contributed by atoms with Crippen molar-refractivity contribution in [2.45, 2.75) is 48.5 Å².